The molecule has 5 nitrogen and oxygen atoms in total. The summed E-state index contributed by atoms with van der Waals surface area (Å²) in [6.45, 7) is 8.54. The Balaban J connectivity index is 1.45. The zero-order chi connectivity index (χ0) is 20.3. The van der Waals surface area contributed by atoms with Gasteiger partial charge in [-0.3, -0.25) is 4.79 Å². The summed E-state index contributed by atoms with van der Waals surface area (Å²) < 4.78 is 11.7. The van der Waals surface area contributed by atoms with E-state index < -0.39 is 0 Å². The lowest BCUT2D eigenvalue weighted by Crippen LogP contribution is -2.50. The minimum Gasteiger partial charge on any atom is -0.493 e. The maximum Gasteiger partial charge on any atom is 0.223 e. The molecule has 2 saturated heterocycles. The lowest BCUT2D eigenvalue weighted by atomic mass is 9.77. The number of amides is 1. The number of likely N-dealkylation sites (tertiary alicyclic amines) is 1. The predicted molar refractivity (Wildman–Crippen MR) is 115 cm³/mol. The first-order chi connectivity index (χ1) is 14.0. The molecule has 1 atom stereocenters. The molecule has 29 heavy (non-hydrogen) atoms. The van der Waals surface area contributed by atoms with Crippen LogP contribution in [0.1, 0.15) is 37.7 Å². The SMILES string of the molecule is Cc1cc(OC[C@]2(CC(=O)N3CCOCC3)CCCN(CC3CC3)C2)ccc1Cl. The first-order valence-electron chi connectivity index (χ1n) is 11.0. The summed E-state index contributed by atoms with van der Waals surface area (Å²) in [4.78, 5) is 17.6. The zero-order valence-electron chi connectivity index (χ0n) is 17.5. The summed E-state index contributed by atoms with van der Waals surface area (Å²) >= 11 is 6.16. The highest BCUT2D eigenvalue weighted by atomic mass is 35.5. The van der Waals surface area contributed by atoms with E-state index in [1.807, 2.05) is 30.0 Å². The molecular weight excluding hydrogens is 388 g/mol. The maximum absolute atomic E-state index is 13.1. The molecule has 0 unspecified atom stereocenters. The van der Waals surface area contributed by atoms with E-state index in [4.69, 9.17) is 21.1 Å². The lowest BCUT2D eigenvalue weighted by molar-refractivity contribution is -0.139. The molecule has 4 rings (SSSR count). The molecule has 3 aliphatic rings. The standard InChI is InChI=1S/C23H33ClN2O3/c1-18-13-20(5-6-21(18)24)29-17-23(14-22(27)26-9-11-28-12-10-26)7-2-8-25(16-23)15-19-3-4-19/h5-6,13,19H,2-4,7-12,14-17H2,1H3/t23-/m0/s1. The number of carbonyl (C=O) groups excluding carboxylic acids is 1. The van der Waals surface area contributed by atoms with Gasteiger partial charge >= 0.3 is 0 Å². The molecule has 2 aliphatic heterocycles. The Morgan fingerprint density at radius 3 is 2.79 bits per heavy atom. The van der Waals surface area contributed by atoms with Crippen LogP contribution in [-0.2, 0) is 9.53 Å². The molecule has 0 bridgehead atoms. The molecular formula is C23H33ClN2O3. The first-order valence-corrected chi connectivity index (χ1v) is 11.4. The van der Waals surface area contributed by atoms with Crippen LogP contribution in [-0.4, -0.2) is 68.3 Å². The summed E-state index contributed by atoms with van der Waals surface area (Å²) in [5.74, 6) is 1.95. The number of benzene rings is 1. The Morgan fingerprint density at radius 1 is 1.28 bits per heavy atom. The number of aryl methyl sites for hydroxylation is 1. The minimum absolute atomic E-state index is 0.129. The topological polar surface area (TPSA) is 42.0 Å². The van der Waals surface area contributed by atoms with Gasteiger partial charge < -0.3 is 19.3 Å². The third-order valence-corrected chi connectivity index (χ3v) is 6.94. The Kier molecular flexibility index (Phi) is 6.67. The van der Waals surface area contributed by atoms with Crippen molar-refractivity contribution >= 4 is 17.5 Å². The third-order valence-electron chi connectivity index (χ3n) is 6.52. The van der Waals surface area contributed by atoms with Crippen molar-refractivity contribution in [2.45, 2.75) is 39.0 Å². The number of ether oxygens (including phenoxy) is 2. The van der Waals surface area contributed by atoms with Crippen molar-refractivity contribution in [3.63, 3.8) is 0 Å². The number of rotatable bonds is 7. The Labute approximate surface area is 179 Å². The summed E-state index contributed by atoms with van der Waals surface area (Å²) in [6.07, 6.45) is 5.44. The Morgan fingerprint density at radius 2 is 2.07 bits per heavy atom. The maximum atomic E-state index is 13.1. The lowest BCUT2D eigenvalue weighted by Gasteiger charge is -2.43. The van der Waals surface area contributed by atoms with Gasteiger partial charge in [0.2, 0.25) is 5.91 Å². The fourth-order valence-electron chi connectivity index (χ4n) is 4.63. The van der Waals surface area contributed by atoms with Crippen LogP contribution in [0.15, 0.2) is 18.2 Å². The highest BCUT2D eigenvalue weighted by Crippen LogP contribution is 2.38. The van der Waals surface area contributed by atoms with Crippen LogP contribution < -0.4 is 4.74 Å². The van der Waals surface area contributed by atoms with E-state index in [1.165, 1.54) is 19.4 Å². The van der Waals surface area contributed by atoms with E-state index >= 15 is 0 Å². The van der Waals surface area contributed by atoms with Gasteiger partial charge in [-0.2, -0.15) is 0 Å². The summed E-state index contributed by atoms with van der Waals surface area (Å²) in [5, 5.41) is 0.753. The molecule has 1 amide bonds. The van der Waals surface area contributed by atoms with Crippen LogP contribution in [0, 0.1) is 18.3 Å². The highest BCUT2D eigenvalue weighted by Gasteiger charge is 2.40. The van der Waals surface area contributed by atoms with Crippen molar-refractivity contribution in [2.24, 2.45) is 11.3 Å². The van der Waals surface area contributed by atoms with E-state index in [0.717, 1.165) is 48.2 Å². The normalized spacial score (nSPS) is 25.8. The monoisotopic (exact) mass is 420 g/mol. The molecule has 1 aromatic rings. The second-order valence-corrected chi connectivity index (χ2v) is 9.56. The number of nitrogens with zero attached hydrogens (tertiary/aromatic N) is 2. The molecule has 1 aromatic carbocycles. The fourth-order valence-corrected chi connectivity index (χ4v) is 4.75. The van der Waals surface area contributed by atoms with Gasteiger partial charge in [0.1, 0.15) is 5.75 Å². The van der Waals surface area contributed by atoms with Gasteiger partial charge in [-0.15, -0.1) is 0 Å². The Bertz CT molecular complexity index is 718. The molecule has 0 N–H and O–H groups in total. The Hall–Kier alpha value is -1.30. The largest absolute Gasteiger partial charge is 0.493 e. The minimum atomic E-state index is -0.129. The van der Waals surface area contributed by atoms with Gasteiger partial charge in [-0.25, -0.2) is 0 Å². The molecule has 0 radical (unpaired) electrons. The third kappa shape index (κ3) is 5.65. The second kappa shape index (κ2) is 9.23. The van der Waals surface area contributed by atoms with E-state index in [2.05, 4.69) is 4.90 Å². The van der Waals surface area contributed by atoms with E-state index in [9.17, 15) is 4.79 Å². The smallest absolute Gasteiger partial charge is 0.223 e. The average Bonchev–Trinajstić information content (AvgIpc) is 3.54. The average molecular weight is 421 g/mol. The van der Waals surface area contributed by atoms with Gasteiger partial charge in [0.15, 0.2) is 0 Å². The quantitative estimate of drug-likeness (QED) is 0.673. The molecule has 160 valence electrons. The van der Waals surface area contributed by atoms with E-state index in [1.54, 1.807) is 0 Å². The molecule has 2 heterocycles. The number of morpholine rings is 1. The molecule has 0 spiro atoms. The van der Waals surface area contributed by atoms with Crippen LogP contribution in [0.25, 0.3) is 0 Å². The summed E-state index contributed by atoms with van der Waals surface area (Å²) in [7, 11) is 0. The fraction of sp³-hybridized carbons (Fsp3) is 0.696. The van der Waals surface area contributed by atoms with Crippen LogP contribution >= 0.6 is 11.6 Å². The summed E-state index contributed by atoms with van der Waals surface area (Å²) in [6, 6.07) is 5.81. The van der Waals surface area contributed by atoms with Gasteiger partial charge in [-0.1, -0.05) is 11.6 Å². The van der Waals surface area contributed by atoms with Gasteiger partial charge in [0, 0.05) is 43.0 Å². The predicted octanol–water partition coefficient (Wildman–Crippen LogP) is 3.77. The van der Waals surface area contributed by atoms with Crippen molar-refractivity contribution in [1.82, 2.24) is 9.80 Å². The number of piperidine rings is 1. The van der Waals surface area contributed by atoms with Crippen molar-refractivity contribution < 1.29 is 14.3 Å². The van der Waals surface area contributed by atoms with Crippen LogP contribution in [0.3, 0.4) is 0 Å². The summed E-state index contributed by atoms with van der Waals surface area (Å²) in [5.41, 5.74) is 0.886. The highest BCUT2D eigenvalue weighted by molar-refractivity contribution is 6.31. The van der Waals surface area contributed by atoms with Gasteiger partial charge in [-0.05, 0) is 68.8 Å². The van der Waals surface area contributed by atoms with Gasteiger partial charge in [0.05, 0.1) is 19.8 Å². The number of hydrogen-bond acceptors (Lipinski definition) is 4. The van der Waals surface area contributed by atoms with Crippen LogP contribution in [0.2, 0.25) is 5.02 Å². The first kappa shape index (κ1) is 21.0. The molecule has 1 aliphatic carbocycles. The second-order valence-electron chi connectivity index (χ2n) is 9.15. The number of carbonyl (C=O) groups is 1. The van der Waals surface area contributed by atoms with Crippen molar-refractivity contribution in [3.8, 4) is 5.75 Å². The van der Waals surface area contributed by atoms with Gasteiger partial charge in [0.25, 0.3) is 0 Å². The van der Waals surface area contributed by atoms with Crippen molar-refractivity contribution in [3.05, 3.63) is 28.8 Å². The zero-order valence-corrected chi connectivity index (χ0v) is 18.3. The molecule has 6 heteroatoms. The molecule has 0 aromatic heterocycles. The molecule has 1 saturated carbocycles. The van der Waals surface area contributed by atoms with E-state index in [0.29, 0.717) is 39.3 Å². The number of halogens is 1. The van der Waals surface area contributed by atoms with Crippen LogP contribution in [0.4, 0.5) is 0 Å². The number of hydrogen-bond donors (Lipinski definition) is 0. The van der Waals surface area contributed by atoms with Crippen molar-refractivity contribution in [2.75, 3.05) is 52.5 Å². The van der Waals surface area contributed by atoms with E-state index in [-0.39, 0.29) is 11.3 Å². The van der Waals surface area contributed by atoms with Crippen LogP contribution in [0.5, 0.6) is 5.75 Å². The molecule has 3 fully saturated rings. The van der Waals surface area contributed by atoms with Crippen molar-refractivity contribution in [1.29, 1.82) is 0 Å².